The van der Waals surface area contributed by atoms with E-state index >= 15 is 0 Å². The molecule has 0 amide bonds. The molecule has 0 radical (unpaired) electrons. The van der Waals surface area contributed by atoms with Gasteiger partial charge in [-0.25, -0.2) is 0 Å². The Balaban J connectivity index is 1.43. The van der Waals surface area contributed by atoms with Gasteiger partial charge in [0.2, 0.25) is 0 Å². The van der Waals surface area contributed by atoms with Crippen molar-refractivity contribution in [2.45, 2.75) is 0 Å². The highest BCUT2D eigenvalue weighted by molar-refractivity contribution is 6.63. The highest BCUT2D eigenvalue weighted by Crippen LogP contribution is 2.44. The van der Waals surface area contributed by atoms with Crippen molar-refractivity contribution in [1.82, 2.24) is 0 Å². The van der Waals surface area contributed by atoms with Crippen LogP contribution >= 0.6 is 0 Å². The zero-order chi connectivity index (χ0) is 29.2. The van der Waals surface area contributed by atoms with E-state index in [1.54, 1.807) is 0 Å². The van der Waals surface area contributed by atoms with Crippen LogP contribution in [0.15, 0.2) is 126 Å². The third-order valence-corrected chi connectivity index (χ3v) is 9.55. The lowest BCUT2D eigenvalue weighted by Gasteiger charge is -2.21. The van der Waals surface area contributed by atoms with Gasteiger partial charge in [0.1, 0.15) is 42.6 Å². The van der Waals surface area contributed by atoms with Crippen molar-refractivity contribution in [2.24, 2.45) is 0 Å². The van der Waals surface area contributed by atoms with Crippen LogP contribution in [0.2, 0.25) is 0 Å². The number of furan rings is 1. The summed E-state index contributed by atoms with van der Waals surface area (Å²) in [5, 5.41) is 7.39. The molecule has 0 unspecified atom stereocenters. The summed E-state index contributed by atoms with van der Waals surface area (Å²) in [6.45, 7) is 0. The summed E-state index contributed by atoms with van der Waals surface area (Å²) in [7, 11) is 9.00. The number of hydrogen-bond acceptors (Lipinski definition) is 1. The fourth-order valence-electron chi connectivity index (χ4n) is 6.94. The zero-order valence-corrected chi connectivity index (χ0v) is 25.0. The maximum atomic E-state index is 6.33. The molecule has 0 atom stereocenters. The molecule has 5 heteroatoms. The lowest BCUT2D eigenvalue weighted by atomic mass is 9.64. The van der Waals surface area contributed by atoms with Crippen molar-refractivity contribution in [3.63, 3.8) is 0 Å². The van der Waals surface area contributed by atoms with Gasteiger partial charge in [0.25, 0.3) is 0 Å². The van der Waals surface area contributed by atoms with E-state index < -0.39 is 0 Å². The van der Waals surface area contributed by atoms with E-state index in [2.05, 4.69) is 153 Å². The van der Waals surface area contributed by atoms with Gasteiger partial charge in [-0.3, -0.25) is 0 Å². The molecule has 0 spiro atoms. The third kappa shape index (κ3) is 3.99. The van der Waals surface area contributed by atoms with Crippen molar-refractivity contribution < 1.29 is 4.42 Å². The molecule has 0 aliphatic carbocycles. The first-order chi connectivity index (χ1) is 21.0. The van der Waals surface area contributed by atoms with E-state index in [1.807, 2.05) is 0 Å². The molecule has 0 aliphatic rings. The number of rotatable bonds is 3. The summed E-state index contributed by atoms with van der Waals surface area (Å²) < 4.78 is 6.33. The normalized spacial score (nSPS) is 11.6. The molecule has 8 aromatic rings. The summed E-state index contributed by atoms with van der Waals surface area (Å²) in [5.74, 6) is 0. The number of benzene rings is 7. The Bertz CT molecular complexity index is 2330. The lowest BCUT2D eigenvalue weighted by molar-refractivity contribution is 0.669. The molecule has 0 aliphatic heterocycles. The highest BCUT2D eigenvalue weighted by atomic mass is 16.3. The topological polar surface area (TPSA) is 13.1 Å². The minimum atomic E-state index is 0.912. The quantitative estimate of drug-likeness (QED) is 0.243. The Morgan fingerprint density at radius 1 is 0.372 bits per heavy atom. The molecule has 1 heterocycles. The van der Waals surface area contributed by atoms with Crippen molar-refractivity contribution in [3.8, 4) is 33.4 Å². The van der Waals surface area contributed by atoms with E-state index in [-0.39, 0.29) is 0 Å². The van der Waals surface area contributed by atoms with Crippen LogP contribution in [0.4, 0.5) is 0 Å². The van der Waals surface area contributed by atoms with Crippen LogP contribution in [0.1, 0.15) is 0 Å². The molecular weight excluding hydrogens is 516 g/mol. The minimum absolute atomic E-state index is 0.912. The Hall–Kier alpha value is -4.88. The van der Waals surface area contributed by atoms with Gasteiger partial charge in [-0.1, -0.05) is 108 Å². The molecule has 0 saturated carbocycles. The SMILES string of the molecule is Bc1cc(-c2c3ccccc3c(-c3ccc4oc5ccc(-c6ccccc6)cc5c4c3)c3ccccc23)c(B)c(B)c1B. The third-order valence-electron chi connectivity index (χ3n) is 9.55. The Morgan fingerprint density at radius 2 is 0.884 bits per heavy atom. The molecule has 7 aromatic carbocycles. The van der Waals surface area contributed by atoms with Crippen LogP contribution in [0.25, 0.3) is 76.9 Å². The van der Waals surface area contributed by atoms with Crippen LogP contribution in [-0.4, -0.2) is 31.4 Å². The first-order valence-electron chi connectivity index (χ1n) is 15.0. The second-order valence-electron chi connectivity index (χ2n) is 11.8. The van der Waals surface area contributed by atoms with E-state index in [9.17, 15) is 0 Å². The summed E-state index contributed by atoms with van der Waals surface area (Å²) in [6, 6.07) is 44.0. The van der Waals surface area contributed by atoms with Crippen molar-refractivity contribution in [3.05, 3.63) is 121 Å². The van der Waals surface area contributed by atoms with Gasteiger partial charge in [-0.2, -0.15) is 0 Å². The molecule has 198 valence electrons. The van der Waals surface area contributed by atoms with E-state index in [4.69, 9.17) is 4.42 Å². The molecular formula is C38H28B4O. The van der Waals surface area contributed by atoms with E-state index in [0.717, 1.165) is 21.9 Å². The van der Waals surface area contributed by atoms with Crippen molar-refractivity contribution in [1.29, 1.82) is 0 Å². The maximum Gasteiger partial charge on any atom is 0.139 e. The monoisotopic (exact) mass is 544 g/mol. The van der Waals surface area contributed by atoms with Gasteiger partial charge in [0, 0.05) is 10.8 Å². The van der Waals surface area contributed by atoms with Gasteiger partial charge in [0.15, 0.2) is 0 Å². The molecule has 43 heavy (non-hydrogen) atoms. The van der Waals surface area contributed by atoms with Crippen LogP contribution in [-0.2, 0) is 0 Å². The number of hydrogen-bond donors (Lipinski definition) is 0. The fraction of sp³-hybridized carbons (Fsp3) is 0. The Morgan fingerprint density at radius 3 is 1.49 bits per heavy atom. The molecule has 0 fully saturated rings. The highest BCUT2D eigenvalue weighted by Gasteiger charge is 2.20. The van der Waals surface area contributed by atoms with Gasteiger partial charge >= 0.3 is 0 Å². The molecule has 1 aromatic heterocycles. The van der Waals surface area contributed by atoms with Crippen molar-refractivity contribution in [2.75, 3.05) is 0 Å². The molecule has 8 rings (SSSR count). The van der Waals surface area contributed by atoms with Crippen LogP contribution in [0.5, 0.6) is 0 Å². The molecule has 0 N–H and O–H groups in total. The van der Waals surface area contributed by atoms with E-state index in [0.29, 0.717) is 0 Å². The first kappa shape index (κ1) is 25.8. The van der Waals surface area contributed by atoms with Crippen LogP contribution in [0, 0.1) is 0 Å². The smallest absolute Gasteiger partial charge is 0.139 e. The van der Waals surface area contributed by atoms with Crippen LogP contribution < -0.4 is 21.9 Å². The predicted molar refractivity (Wildman–Crippen MR) is 198 cm³/mol. The van der Waals surface area contributed by atoms with Gasteiger partial charge in [0.05, 0.1) is 0 Å². The minimum Gasteiger partial charge on any atom is -0.456 e. The van der Waals surface area contributed by atoms with E-state index in [1.165, 1.54) is 76.8 Å². The summed E-state index contributed by atoms with van der Waals surface area (Å²) in [4.78, 5) is 0. The summed E-state index contributed by atoms with van der Waals surface area (Å²) in [6.07, 6.45) is 0. The zero-order valence-electron chi connectivity index (χ0n) is 25.0. The molecule has 0 saturated heterocycles. The van der Waals surface area contributed by atoms with Gasteiger partial charge in [-0.15, -0.1) is 10.9 Å². The van der Waals surface area contributed by atoms with Crippen LogP contribution in [0.3, 0.4) is 0 Å². The standard InChI is InChI=1S/C38H28B4O/c39-31-20-30(36(40)38(42)37(31)41)35-26-12-6-4-10-24(26)34(25-11-5-7-13-27(25)35)23-15-17-33-29(19-23)28-18-22(14-16-32(28)43-33)21-8-2-1-3-9-21/h1-20H,39-42H2. The second-order valence-corrected chi connectivity index (χ2v) is 11.8. The summed E-state index contributed by atoms with van der Waals surface area (Å²) in [5.41, 5.74) is 14.8. The van der Waals surface area contributed by atoms with Gasteiger partial charge in [-0.05, 0) is 79.2 Å². The average Bonchev–Trinajstić information content (AvgIpc) is 3.42. The largest absolute Gasteiger partial charge is 0.456 e. The second kappa shape index (κ2) is 9.85. The van der Waals surface area contributed by atoms with Gasteiger partial charge < -0.3 is 4.42 Å². The lowest BCUT2D eigenvalue weighted by Crippen LogP contribution is -2.47. The first-order valence-corrected chi connectivity index (χ1v) is 15.0. The Kier molecular flexibility index (Phi) is 5.91. The Labute approximate surface area is 255 Å². The van der Waals surface area contributed by atoms with Crippen molar-refractivity contribution >= 4 is 96.7 Å². The average molecular weight is 544 g/mol. The predicted octanol–water partition coefficient (Wildman–Crippen LogP) is 3.93. The molecule has 0 bridgehead atoms. The molecule has 1 nitrogen and oxygen atoms in total. The number of fused-ring (bicyclic) bond motifs is 5. The maximum absolute atomic E-state index is 6.33. The fourth-order valence-corrected chi connectivity index (χ4v) is 6.94. The summed E-state index contributed by atoms with van der Waals surface area (Å²) >= 11 is 0.